The molecule has 4 rings (SSSR count). The van der Waals surface area contributed by atoms with Crippen molar-refractivity contribution in [2.75, 3.05) is 0 Å². The summed E-state index contributed by atoms with van der Waals surface area (Å²) in [5, 5.41) is 0. The van der Waals surface area contributed by atoms with Gasteiger partial charge in [0.2, 0.25) is 6.41 Å². The van der Waals surface area contributed by atoms with Crippen LogP contribution in [-0.4, -0.2) is 11.0 Å². The molecule has 0 fully saturated rings. The van der Waals surface area contributed by atoms with Crippen molar-refractivity contribution >= 4 is 28.0 Å². The monoisotopic (exact) mass is 283 g/mol. The molecule has 1 aromatic heterocycles. The number of para-hydroxylation sites is 1. The van der Waals surface area contributed by atoms with Crippen LogP contribution in [0.4, 0.5) is 0 Å². The second kappa shape index (κ2) is 5.06. The van der Waals surface area contributed by atoms with Crippen LogP contribution in [0.5, 0.6) is 0 Å². The zero-order valence-electron chi connectivity index (χ0n) is 11.0. The lowest BCUT2D eigenvalue weighted by Crippen LogP contribution is -2.10. The largest absolute Gasteiger partial charge is 0.314 e. The van der Waals surface area contributed by atoms with Gasteiger partial charge in [0.1, 0.15) is 0 Å². The quantitative estimate of drug-likeness (QED) is 0.753. The van der Waals surface area contributed by atoms with Crippen LogP contribution in [0.1, 0.15) is 13.3 Å². The van der Waals surface area contributed by atoms with E-state index in [9.17, 15) is 9.59 Å². The number of fused-ring (bicyclic) bond motifs is 3. The summed E-state index contributed by atoms with van der Waals surface area (Å²) in [4.78, 5) is 21.4. The molecule has 2 aliphatic carbocycles. The predicted octanol–water partition coefficient (Wildman–Crippen LogP) is 3.30. The van der Waals surface area contributed by atoms with E-state index >= 15 is 0 Å². The summed E-state index contributed by atoms with van der Waals surface area (Å²) in [6.07, 6.45) is 8.41. The van der Waals surface area contributed by atoms with Gasteiger partial charge < -0.3 is 0 Å². The van der Waals surface area contributed by atoms with Gasteiger partial charge in [-0.2, -0.15) is 0 Å². The molecule has 0 unspecified atom stereocenters. The van der Waals surface area contributed by atoms with Crippen molar-refractivity contribution in [3.05, 3.63) is 68.9 Å². The molecule has 0 N–H and O–H groups in total. The predicted molar refractivity (Wildman–Crippen MR) is 82.8 cm³/mol. The molecule has 1 aromatic carbocycles. The minimum absolute atomic E-state index is 0.230. The summed E-state index contributed by atoms with van der Waals surface area (Å²) in [5.41, 5.74) is 5.14. The molecule has 2 aliphatic rings. The number of thiazole rings is 1. The lowest BCUT2D eigenvalue weighted by Gasteiger charge is -1.89. The Hall–Kier alpha value is -2.20. The molecule has 100 valence electrons. The maximum atomic E-state index is 11.1. The standard InChI is InChI=1S/C8H5NO2S.C8H8/c10-5-9-6-3-1-2-4-7(6)12-8(9)11;1-6-4-7-2-3-8(6)5-7/h1-5H;2-4H,5H2,1H3. The maximum absolute atomic E-state index is 11.1. The molecule has 0 saturated carbocycles. The third kappa shape index (κ3) is 2.18. The van der Waals surface area contributed by atoms with Gasteiger partial charge in [-0.15, -0.1) is 0 Å². The Morgan fingerprint density at radius 2 is 2.05 bits per heavy atom. The number of allylic oxidation sites excluding steroid dienone is 6. The minimum Gasteiger partial charge on any atom is -0.278 e. The molecule has 0 atom stereocenters. The van der Waals surface area contributed by atoms with E-state index in [2.05, 4.69) is 25.2 Å². The highest BCUT2D eigenvalue weighted by Gasteiger charge is 2.13. The Morgan fingerprint density at radius 3 is 2.60 bits per heavy atom. The molecule has 0 amide bonds. The van der Waals surface area contributed by atoms with Crippen molar-refractivity contribution in [1.29, 1.82) is 0 Å². The molecular weight excluding hydrogens is 270 g/mol. The first-order chi connectivity index (χ1) is 9.69. The van der Waals surface area contributed by atoms with Crippen LogP contribution in [0.15, 0.2) is 64.0 Å². The topological polar surface area (TPSA) is 39.1 Å². The molecule has 0 saturated heterocycles. The summed E-state index contributed by atoms with van der Waals surface area (Å²) in [5.74, 6) is 0. The maximum Gasteiger partial charge on any atom is 0.314 e. The van der Waals surface area contributed by atoms with Gasteiger partial charge in [-0.25, -0.2) is 4.57 Å². The molecule has 4 heteroatoms. The summed E-state index contributed by atoms with van der Waals surface area (Å²) < 4.78 is 1.95. The number of aromatic nitrogens is 1. The van der Waals surface area contributed by atoms with Gasteiger partial charge in [0.25, 0.3) is 0 Å². The normalized spacial score (nSPS) is 15.3. The van der Waals surface area contributed by atoms with Crippen molar-refractivity contribution in [2.45, 2.75) is 13.3 Å². The van der Waals surface area contributed by atoms with Gasteiger partial charge in [-0.05, 0) is 42.2 Å². The van der Waals surface area contributed by atoms with E-state index < -0.39 is 0 Å². The van der Waals surface area contributed by atoms with Crippen LogP contribution in [0.3, 0.4) is 0 Å². The van der Waals surface area contributed by atoms with Crippen molar-refractivity contribution in [3.8, 4) is 0 Å². The van der Waals surface area contributed by atoms with Crippen LogP contribution in [0.2, 0.25) is 0 Å². The van der Waals surface area contributed by atoms with E-state index in [0.29, 0.717) is 11.9 Å². The molecule has 2 aromatic rings. The fourth-order valence-corrected chi connectivity index (χ4v) is 3.22. The Labute approximate surface area is 120 Å². The molecular formula is C16H13NO2S. The van der Waals surface area contributed by atoms with Gasteiger partial charge in [-0.1, -0.05) is 41.7 Å². The van der Waals surface area contributed by atoms with Crippen LogP contribution in [0.25, 0.3) is 10.2 Å². The minimum atomic E-state index is -0.230. The smallest absolute Gasteiger partial charge is 0.278 e. The van der Waals surface area contributed by atoms with Gasteiger partial charge in [-0.3, -0.25) is 9.59 Å². The van der Waals surface area contributed by atoms with E-state index in [-0.39, 0.29) is 4.87 Å². The van der Waals surface area contributed by atoms with Crippen LogP contribution in [0, 0.1) is 0 Å². The van der Waals surface area contributed by atoms with Gasteiger partial charge in [0.15, 0.2) is 0 Å². The van der Waals surface area contributed by atoms with Crippen molar-refractivity contribution in [1.82, 2.24) is 4.57 Å². The molecule has 0 aliphatic heterocycles. The third-order valence-corrected chi connectivity index (χ3v) is 4.36. The second-order valence-corrected chi connectivity index (χ2v) is 5.74. The molecule has 0 spiro atoms. The fourth-order valence-electron chi connectivity index (χ4n) is 2.37. The van der Waals surface area contributed by atoms with Crippen LogP contribution >= 0.6 is 11.3 Å². The first kappa shape index (κ1) is 12.8. The summed E-state index contributed by atoms with van der Waals surface area (Å²) in [6.45, 7) is 2.17. The molecule has 20 heavy (non-hydrogen) atoms. The SMILES string of the molecule is CC1=C2C=CC(=C1)C2.O=Cn1c(=O)sc2ccccc21. The van der Waals surface area contributed by atoms with E-state index in [1.165, 1.54) is 23.1 Å². The molecule has 1 heterocycles. The van der Waals surface area contributed by atoms with Crippen LogP contribution < -0.4 is 4.87 Å². The van der Waals surface area contributed by atoms with Gasteiger partial charge >= 0.3 is 4.87 Å². The Balaban J connectivity index is 0.000000131. The molecule has 3 nitrogen and oxygen atoms in total. The average molecular weight is 283 g/mol. The van der Waals surface area contributed by atoms with Crippen LogP contribution in [-0.2, 0) is 4.79 Å². The lowest BCUT2D eigenvalue weighted by molar-refractivity contribution is 0.548. The van der Waals surface area contributed by atoms with E-state index in [1.807, 2.05) is 12.1 Å². The van der Waals surface area contributed by atoms with Gasteiger partial charge in [0.05, 0.1) is 10.2 Å². The van der Waals surface area contributed by atoms with E-state index in [1.54, 1.807) is 12.1 Å². The highest BCUT2D eigenvalue weighted by Crippen LogP contribution is 2.32. The highest BCUT2D eigenvalue weighted by atomic mass is 32.1. The number of benzene rings is 1. The first-order valence-electron chi connectivity index (χ1n) is 6.33. The third-order valence-electron chi connectivity index (χ3n) is 3.43. The number of rotatable bonds is 1. The zero-order chi connectivity index (χ0) is 14.1. The van der Waals surface area contributed by atoms with Crippen molar-refractivity contribution in [3.63, 3.8) is 0 Å². The number of nitrogens with zero attached hydrogens (tertiary/aromatic N) is 1. The molecule has 2 bridgehead atoms. The number of carbonyl (C=O) groups is 1. The Kier molecular flexibility index (Phi) is 3.24. The average Bonchev–Trinajstić information content (AvgIpc) is 3.11. The second-order valence-electron chi connectivity index (χ2n) is 4.75. The Morgan fingerprint density at radius 1 is 1.25 bits per heavy atom. The van der Waals surface area contributed by atoms with E-state index in [0.717, 1.165) is 20.6 Å². The van der Waals surface area contributed by atoms with Crippen molar-refractivity contribution in [2.24, 2.45) is 0 Å². The highest BCUT2D eigenvalue weighted by molar-refractivity contribution is 7.16. The number of hydrogen-bond donors (Lipinski definition) is 0. The lowest BCUT2D eigenvalue weighted by atomic mass is 10.2. The van der Waals surface area contributed by atoms with Gasteiger partial charge in [0, 0.05) is 0 Å². The fraction of sp³-hybridized carbons (Fsp3) is 0.125. The number of hydrogen-bond acceptors (Lipinski definition) is 3. The first-order valence-corrected chi connectivity index (χ1v) is 7.14. The zero-order valence-corrected chi connectivity index (χ0v) is 11.8. The summed E-state index contributed by atoms with van der Waals surface area (Å²) >= 11 is 1.08. The summed E-state index contributed by atoms with van der Waals surface area (Å²) in [6, 6.07) is 7.21. The number of carbonyl (C=O) groups excluding carboxylic acids is 1. The Bertz CT molecular complexity index is 834. The van der Waals surface area contributed by atoms with Crippen molar-refractivity contribution < 1.29 is 4.79 Å². The molecule has 0 radical (unpaired) electrons. The summed E-state index contributed by atoms with van der Waals surface area (Å²) in [7, 11) is 0. The van der Waals surface area contributed by atoms with E-state index in [4.69, 9.17) is 0 Å².